The average Bonchev–Trinajstić information content (AvgIpc) is 2.65. The molecule has 4 rings (SSSR count). The minimum Gasteiger partial charge on any atom is -0.322 e. The molecule has 104 valence electrons. The Kier molecular flexibility index (Phi) is 3.47. The zero-order valence-electron chi connectivity index (χ0n) is 11.0. The molecule has 3 saturated heterocycles. The molecule has 2 amide bonds. The number of amides is 2. The normalized spacial score (nSPS) is 26.0. The predicted molar refractivity (Wildman–Crippen MR) is 81.8 cm³/mol. The first-order valence-corrected chi connectivity index (χ1v) is 7.84. The number of rotatable bonds is 1. The third-order valence-corrected chi connectivity index (χ3v) is 5.87. The average molecular weight is 307 g/mol. The maximum atomic E-state index is 12.2. The first-order chi connectivity index (χ1) is 9.58. The molecule has 0 saturated carbocycles. The Morgan fingerprint density at radius 1 is 0.950 bits per heavy atom. The lowest BCUT2D eigenvalue weighted by molar-refractivity contribution is -0.150. The zero-order chi connectivity index (χ0) is 14.3. The summed E-state index contributed by atoms with van der Waals surface area (Å²) in [6.45, 7) is 0. The molecule has 1 aromatic rings. The van der Waals surface area contributed by atoms with Crippen molar-refractivity contribution >= 4 is 45.4 Å². The summed E-state index contributed by atoms with van der Waals surface area (Å²) in [6.07, 6.45) is 0. The number of carbonyl (C=O) groups excluding carboxylic acids is 2. The molecule has 0 spiro atoms. The summed E-state index contributed by atoms with van der Waals surface area (Å²) in [5.74, 6) is -0.0966. The van der Waals surface area contributed by atoms with Crippen LogP contribution in [0.4, 0.5) is 5.69 Å². The van der Waals surface area contributed by atoms with Crippen molar-refractivity contribution < 1.29 is 9.59 Å². The second kappa shape index (κ2) is 5.14. The van der Waals surface area contributed by atoms with E-state index in [0.29, 0.717) is 0 Å². The van der Waals surface area contributed by atoms with Gasteiger partial charge in [0.05, 0.1) is 5.69 Å². The van der Waals surface area contributed by atoms with Gasteiger partial charge in [0.2, 0.25) is 0 Å². The molecule has 0 radical (unpaired) electrons. The Labute approximate surface area is 125 Å². The van der Waals surface area contributed by atoms with Crippen molar-refractivity contribution in [3.63, 3.8) is 0 Å². The van der Waals surface area contributed by atoms with Crippen LogP contribution in [-0.4, -0.2) is 50.8 Å². The summed E-state index contributed by atoms with van der Waals surface area (Å²) in [6, 6.07) is 9.55. The standard InChI is InChI=1S/C13H13N3O2S2/c1-15-9(17)12-16(2)10(18)11(15)19-13(20-12)14-8-6-4-3-5-7-8/h3-7,11-12H,1-2H3. The van der Waals surface area contributed by atoms with Gasteiger partial charge in [-0.1, -0.05) is 41.7 Å². The van der Waals surface area contributed by atoms with Crippen molar-refractivity contribution in [1.29, 1.82) is 0 Å². The van der Waals surface area contributed by atoms with Crippen molar-refractivity contribution in [2.45, 2.75) is 10.7 Å². The third kappa shape index (κ3) is 2.20. The van der Waals surface area contributed by atoms with Crippen LogP contribution in [0.5, 0.6) is 0 Å². The first kappa shape index (κ1) is 13.5. The molecule has 3 heterocycles. The number of hydrogen-bond donors (Lipinski definition) is 0. The molecule has 2 unspecified atom stereocenters. The molecule has 20 heavy (non-hydrogen) atoms. The largest absolute Gasteiger partial charge is 0.322 e. The first-order valence-electron chi connectivity index (χ1n) is 6.08. The number of thioether (sulfide) groups is 2. The van der Waals surface area contributed by atoms with Gasteiger partial charge in [0, 0.05) is 14.1 Å². The van der Waals surface area contributed by atoms with E-state index in [4.69, 9.17) is 0 Å². The molecule has 0 N–H and O–H groups in total. The SMILES string of the molecule is CN1C(=O)C2SC(=Nc3ccccc3)SC1C(=O)N2C. The zero-order valence-corrected chi connectivity index (χ0v) is 12.6. The number of hydrogen-bond acceptors (Lipinski definition) is 5. The highest BCUT2D eigenvalue weighted by Crippen LogP contribution is 2.40. The van der Waals surface area contributed by atoms with Crippen LogP contribution in [0, 0.1) is 0 Å². The lowest BCUT2D eigenvalue weighted by atomic mass is 10.3. The summed E-state index contributed by atoms with van der Waals surface area (Å²) in [5, 5.41) is -1.03. The predicted octanol–water partition coefficient (Wildman–Crippen LogP) is 1.74. The van der Waals surface area contributed by atoms with Gasteiger partial charge in [0.25, 0.3) is 11.8 Å². The van der Waals surface area contributed by atoms with Crippen molar-refractivity contribution in [2.75, 3.05) is 14.1 Å². The Balaban J connectivity index is 1.97. The molecule has 2 atom stereocenters. The highest BCUT2D eigenvalue weighted by molar-refractivity contribution is 8.40. The van der Waals surface area contributed by atoms with E-state index in [2.05, 4.69) is 4.99 Å². The maximum Gasteiger partial charge on any atom is 0.257 e. The van der Waals surface area contributed by atoms with Crippen molar-refractivity contribution in [3.8, 4) is 0 Å². The second-order valence-electron chi connectivity index (χ2n) is 4.55. The van der Waals surface area contributed by atoms with Gasteiger partial charge in [-0.25, -0.2) is 4.99 Å². The van der Waals surface area contributed by atoms with E-state index >= 15 is 0 Å². The molecular formula is C13H13N3O2S2. The number of fused-ring (bicyclic) bond motifs is 4. The number of carbonyl (C=O) groups is 2. The Hall–Kier alpha value is -1.47. The van der Waals surface area contributed by atoms with Crippen LogP contribution in [0.2, 0.25) is 0 Å². The van der Waals surface area contributed by atoms with E-state index in [1.807, 2.05) is 30.3 Å². The molecule has 0 aliphatic carbocycles. The van der Waals surface area contributed by atoms with E-state index in [9.17, 15) is 9.59 Å². The van der Waals surface area contributed by atoms with Crippen LogP contribution in [0.25, 0.3) is 0 Å². The Morgan fingerprint density at radius 2 is 1.45 bits per heavy atom. The van der Waals surface area contributed by atoms with Crippen molar-refractivity contribution in [3.05, 3.63) is 30.3 Å². The fourth-order valence-corrected chi connectivity index (χ4v) is 4.57. The Morgan fingerprint density at radius 3 is 1.95 bits per heavy atom. The number of benzene rings is 1. The van der Waals surface area contributed by atoms with Crippen LogP contribution in [0.1, 0.15) is 0 Å². The van der Waals surface area contributed by atoms with E-state index in [1.54, 1.807) is 14.1 Å². The number of piperazine rings is 1. The molecule has 2 bridgehead atoms. The van der Waals surface area contributed by atoms with E-state index in [1.165, 1.54) is 33.3 Å². The number of nitrogens with zero attached hydrogens (tertiary/aromatic N) is 3. The van der Waals surface area contributed by atoms with Gasteiger partial charge in [-0.3, -0.25) is 9.59 Å². The van der Waals surface area contributed by atoms with Crippen molar-refractivity contribution in [1.82, 2.24) is 9.80 Å². The molecule has 0 aromatic heterocycles. The van der Waals surface area contributed by atoms with Gasteiger partial charge in [-0.15, -0.1) is 0 Å². The lowest BCUT2D eigenvalue weighted by Crippen LogP contribution is -2.58. The van der Waals surface area contributed by atoms with Crippen LogP contribution in [0.3, 0.4) is 0 Å². The molecular weight excluding hydrogens is 294 g/mol. The van der Waals surface area contributed by atoms with Crippen LogP contribution >= 0.6 is 23.5 Å². The summed E-state index contributed by atoms with van der Waals surface area (Å²) in [7, 11) is 3.34. The van der Waals surface area contributed by atoms with Crippen LogP contribution in [0.15, 0.2) is 35.3 Å². The minimum atomic E-state index is -0.513. The molecule has 3 aliphatic rings. The van der Waals surface area contributed by atoms with Crippen molar-refractivity contribution in [2.24, 2.45) is 4.99 Å². The van der Waals surface area contributed by atoms with Gasteiger partial charge in [0.15, 0.2) is 10.7 Å². The quantitative estimate of drug-likeness (QED) is 0.793. The van der Waals surface area contributed by atoms with E-state index < -0.39 is 10.7 Å². The minimum absolute atomic E-state index is 0.0483. The monoisotopic (exact) mass is 307 g/mol. The third-order valence-electron chi connectivity index (χ3n) is 3.22. The molecule has 7 heteroatoms. The molecule has 3 aliphatic heterocycles. The topological polar surface area (TPSA) is 53.0 Å². The van der Waals surface area contributed by atoms with Gasteiger partial charge in [0.1, 0.15) is 4.38 Å². The number of aliphatic imine (C=N–C) groups is 1. The fraction of sp³-hybridized carbons (Fsp3) is 0.308. The lowest BCUT2D eigenvalue weighted by Gasteiger charge is -2.36. The number of likely N-dealkylation sites (N-methyl/N-ethyl adjacent to an activating group) is 2. The fourth-order valence-electron chi connectivity index (χ4n) is 2.05. The summed E-state index contributed by atoms with van der Waals surface area (Å²) < 4.78 is 0.751. The Bertz CT molecular complexity index is 561. The molecule has 1 aromatic carbocycles. The molecule has 3 fully saturated rings. The maximum absolute atomic E-state index is 12.2. The summed E-state index contributed by atoms with van der Waals surface area (Å²) in [4.78, 5) is 32.0. The van der Waals surface area contributed by atoms with E-state index in [0.717, 1.165) is 10.1 Å². The summed E-state index contributed by atoms with van der Waals surface area (Å²) >= 11 is 2.68. The highest BCUT2D eigenvalue weighted by atomic mass is 32.2. The van der Waals surface area contributed by atoms with Gasteiger partial charge < -0.3 is 9.80 Å². The van der Waals surface area contributed by atoms with Gasteiger partial charge in [-0.2, -0.15) is 0 Å². The van der Waals surface area contributed by atoms with E-state index in [-0.39, 0.29) is 11.8 Å². The second-order valence-corrected chi connectivity index (χ2v) is 6.95. The van der Waals surface area contributed by atoms with Gasteiger partial charge >= 0.3 is 0 Å². The van der Waals surface area contributed by atoms with Crippen LogP contribution < -0.4 is 0 Å². The smallest absolute Gasteiger partial charge is 0.257 e. The van der Waals surface area contributed by atoms with Crippen LogP contribution in [-0.2, 0) is 9.59 Å². The summed E-state index contributed by atoms with van der Waals surface area (Å²) in [5.41, 5.74) is 0.828. The molecule has 5 nitrogen and oxygen atoms in total. The number of para-hydroxylation sites is 1. The van der Waals surface area contributed by atoms with Gasteiger partial charge in [-0.05, 0) is 12.1 Å². The highest BCUT2D eigenvalue weighted by Gasteiger charge is 2.48.